The maximum atomic E-state index is 13.3. The molecule has 0 unspecified atom stereocenters. The minimum Gasteiger partial charge on any atom is -0.352 e. The van der Waals surface area contributed by atoms with Gasteiger partial charge in [-0.2, -0.15) is 0 Å². The number of carbonyl (C=O) groups excluding carboxylic acids is 2. The van der Waals surface area contributed by atoms with Gasteiger partial charge in [0.2, 0.25) is 5.91 Å². The number of pyridine rings is 1. The van der Waals surface area contributed by atoms with Crippen molar-refractivity contribution in [1.29, 1.82) is 0 Å². The van der Waals surface area contributed by atoms with E-state index in [1.165, 1.54) is 18.3 Å². The molecule has 1 saturated carbocycles. The van der Waals surface area contributed by atoms with E-state index in [1.54, 1.807) is 24.3 Å². The van der Waals surface area contributed by atoms with Crippen LogP contribution in [0.15, 0.2) is 42.6 Å². The molecule has 27 heavy (non-hydrogen) atoms. The molecule has 4 N–H and O–H groups in total. The highest BCUT2D eigenvalue weighted by Crippen LogP contribution is 2.20. The summed E-state index contributed by atoms with van der Waals surface area (Å²) in [6.07, 6.45) is 4.73. The normalized spacial score (nSPS) is 19.3. The Labute approximate surface area is 157 Å². The van der Waals surface area contributed by atoms with Crippen molar-refractivity contribution >= 4 is 11.8 Å². The third kappa shape index (κ3) is 5.10. The van der Waals surface area contributed by atoms with Gasteiger partial charge in [0.1, 0.15) is 5.82 Å². The van der Waals surface area contributed by atoms with E-state index < -0.39 is 0 Å². The fourth-order valence-corrected chi connectivity index (χ4v) is 3.28. The summed E-state index contributed by atoms with van der Waals surface area (Å²) in [6, 6.07) is 9.78. The van der Waals surface area contributed by atoms with Crippen LogP contribution in [0.5, 0.6) is 0 Å². The molecule has 142 valence electrons. The van der Waals surface area contributed by atoms with Crippen molar-refractivity contribution in [3.8, 4) is 11.3 Å². The molecular weight excluding hydrogens is 347 g/mol. The maximum absolute atomic E-state index is 13.3. The number of aromatic nitrogens is 1. The minimum atomic E-state index is -0.325. The molecule has 3 rings (SSSR count). The largest absolute Gasteiger partial charge is 0.352 e. The number of rotatable bonds is 5. The van der Waals surface area contributed by atoms with Gasteiger partial charge in [0.25, 0.3) is 5.91 Å². The molecule has 6 nitrogen and oxygen atoms in total. The lowest BCUT2D eigenvalue weighted by molar-refractivity contribution is -0.120. The van der Waals surface area contributed by atoms with Crippen LogP contribution in [0.3, 0.4) is 0 Å². The summed E-state index contributed by atoms with van der Waals surface area (Å²) >= 11 is 0. The predicted molar refractivity (Wildman–Crippen MR) is 100 cm³/mol. The molecule has 1 heterocycles. The van der Waals surface area contributed by atoms with Crippen molar-refractivity contribution in [3.05, 3.63) is 54.0 Å². The number of nitrogens with two attached hydrogens (primary N) is 1. The molecule has 0 atom stereocenters. The fourth-order valence-electron chi connectivity index (χ4n) is 3.28. The van der Waals surface area contributed by atoms with Crippen molar-refractivity contribution in [2.24, 2.45) is 5.73 Å². The molecule has 1 aromatic carbocycles. The zero-order chi connectivity index (χ0) is 19.2. The summed E-state index contributed by atoms with van der Waals surface area (Å²) in [7, 11) is 0. The Kier molecular flexibility index (Phi) is 6.13. The van der Waals surface area contributed by atoms with Crippen LogP contribution in [0.1, 0.15) is 36.0 Å². The van der Waals surface area contributed by atoms with Gasteiger partial charge in [0.05, 0.1) is 17.8 Å². The maximum Gasteiger partial charge on any atom is 0.253 e. The second-order valence-electron chi connectivity index (χ2n) is 6.74. The van der Waals surface area contributed by atoms with Crippen LogP contribution in [0.2, 0.25) is 0 Å². The third-order valence-electron chi connectivity index (χ3n) is 4.76. The second kappa shape index (κ2) is 8.73. The molecule has 1 aliphatic carbocycles. The minimum absolute atomic E-state index is 0.00468. The second-order valence-corrected chi connectivity index (χ2v) is 6.74. The number of amides is 2. The number of nitrogens with zero attached hydrogens (tertiary/aromatic N) is 1. The molecule has 1 aromatic heterocycles. The summed E-state index contributed by atoms with van der Waals surface area (Å²) in [5.41, 5.74) is 7.05. The highest BCUT2D eigenvalue weighted by molar-refractivity contribution is 5.94. The van der Waals surface area contributed by atoms with Gasteiger partial charge in [0, 0.05) is 23.8 Å². The van der Waals surface area contributed by atoms with Crippen molar-refractivity contribution in [2.45, 2.75) is 37.8 Å². The van der Waals surface area contributed by atoms with Crippen LogP contribution in [0, 0.1) is 5.82 Å². The smallest absolute Gasteiger partial charge is 0.253 e. The lowest BCUT2D eigenvalue weighted by Crippen LogP contribution is -2.45. The van der Waals surface area contributed by atoms with Crippen LogP contribution in [-0.2, 0) is 4.79 Å². The summed E-state index contributed by atoms with van der Waals surface area (Å²) in [4.78, 5) is 28.0. The van der Waals surface area contributed by atoms with E-state index in [0.29, 0.717) is 16.8 Å². The molecule has 0 bridgehead atoms. The van der Waals surface area contributed by atoms with Crippen molar-refractivity contribution in [2.75, 3.05) is 6.54 Å². The van der Waals surface area contributed by atoms with Gasteiger partial charge in [-0.25, -0.2) is 4.39 Å². The molecule has 0 spiro atoms. The van der Waals surface area contributed by atoms with Crippen LogP contribution in [0.25, 0.3) is 11.3 Å². The topological polar surface area (TPSA) is 97.1 Å². The molecule has 0 saturated heterocycles. The van der Waals surface area contributed by atoms with Crippen molar-refractivity contribution < 1.29 is 14.0 Å². The van der Waals surface area contributed by atoms with Crippen LogP contribution < -0.4 is 16.4 Å². The molecular formula is C20H23FN4O2. The van der Waals surface area contributed by atoms with E-state index in [1.807, 2.05) is 0 Å². The van der Waals surface area contributed by atoms with Gasteiger partial charge in [0.15, 0.2) is 0 Å². The Bertz CT molecular complexity index is 802. The summed E-state index contributed by atoms with van der Waals surface area (Å²) in [5.74, 6) is -0.649. The van der Waals surface area contributed by atoms with Gasteiger partial charge in [-0.1, -0.05) is 12.1 Å². The number of hydrogen-bond donors (Lipinski definition) is 3. The first-order valence-electron chi connectivity index (χ1n) is 9.07. The lowest BCUT2D eigenvalue weighted by Gasteiger charge is -2.29. The Morgan fingerprint density at radius 1 is 1.07 bits per heavy atom. The number of hydrogen-bond acceptors (Lipinski definition) is 4. The zero-order valence-electron chi connectivity index (χ0n) is 15.0. The Morgan fingerprint density at radius 2 is 1.78 bits per heavy atom. The highest BCUT2D eigenvalue weighted by atomic mass is 19.1. The summed E-state index contributed by atoms with van der Waals surface area (Å²) < 4.78 is 13.3. The standard InChI is InChI=1S/C20H23FN4O2/c21-15-3-1-2-13(10-15)18-9-4-14(12-23-18)20(27)25-17-7-5-16(6-8-17)24-19(26)11-22/h1-4,9-10,12,16-17H,5-8,11,22H2,(H,24,26)(H,25,27). The van der Waals surface area contributed by atoms with Crippen LogP contribution in [-0.4, -0.2) is 35.4 Å². The molecule has 1 fully saturated rings. The van der Waals surface area contributed by atoms with Gasteiger partial charge in [-0.05, 0) is 49.9 Å². The van der Waals surface area contributed by atoms with Gasteiger partial charge in [-0.15, -0.1) is 0 Å². The van der Waals surface area contributed by atoms with Crippen molar-refractivity contribution in [3.63, 3.8) is 0 Å². The number of halogens is 1. The lowest BCUT2D eigenvalue weighted by atomic mass is 9.91. The van der Waals surface area contributed by atoms with E-state index in [9.17, 15) is 14.0 Å². The number of benzene rings is 1. The Hall–Kier alpha value is -2.80. The van der Waals surface area contributed by atoms with Gasteiger partial charge >= 0.3 is 0 Å². The molecule has 7 heteroatoms. The molecule has 0 aliphatic heterocycles. The highest BCUT2D eigenvalue weighted by Gasteiger charge is 2.23. The first kappa shape index (κ1) is 19.0. The third-order valence-corrected chi connectivity index (χ3v) is 4.76. The first-order chi connectivity index (χ1) is 13.0. The average molecular weight is 370 g/mol. The Balaban J connectivity index is 1.54. The van der Waals surface area contributed by atoms with E-state index in [4.69, 9.17) is 5.73 Å². The van der Waals surface area contributed by atoms with Crippen LogP contribution >= 0.6 is 0 Å². The number of carbonyl (C=O) groups is 2. The van der Waals surface area contributed by atoms with E-state index in [2.05, 4.69) is 15.6 Å². The van der Waals surface area contributed by atoms with Crippen molar-refractivity contribution in [1.82, 2.24) is 15.6 Å². The van der Waals surface area contributed by atoms with Gasteiger partial charge in [-0.3, -0.25) is 14.6 Å². The molecule has 2 aromatic rings. The Morgan fingerprint density at radius 3 is 2.37 bits per heavy atom. The van der Waals surface area contributed by atoms with E-state index in [-0.39, 0.29) is 36.3 Å². The average Bonchev–Trinajstić information content (AvgIpc) is 2.69. The van der Waals surface area contributed by atoms with E-state index >= 15 is 0 Å². The monoisotopic (exact) mass is 370 g/mol. The van der Waals surface area contributed by atoms with Crippen LogP contribution in [0.4, 0.5) is 4.39 Å². The SMILES string of the molecule is NCC(=O)NC1CCC(NC(=O)c2ccc(-c3cccc(F)c3)nc2)CC1. The first-order valence-corrected chi connectivity index (χ1v) is 9.07. The molecule has 1 aliphatic rings. The number of nitrogens with one attached hydrogen (secondary N) is 2. The quantitative estimate of drug-likeness (QED) is 0.750. The van der Waals surface area contributed by atoms with E-state index in [0.717, 1.165) is 25.7 Å². The zero-order valence-corrected chi connectivity index (χ0v) is 15.0. The fraction of sp³-hybridized carbons (Fsp3) is 0.350. The molecule has 2 amide bonds. The predicted octanol–water partition coefficient (Wildman–Crippen LogP) is 2.00. The summed E-state index contributed by atoms with van der Waals surface area (Å²) in [6.45, 7) is -0.00468. The molecule has 0 radical (unpaired) electrons. The summed E-state index contributed by atoms with van der Waals surface area (Å²) in [5, 5.41) is 5.90. The van der Waals surface area contributed by atoms with Gasteiger partial charge < -0.3 is 16.4 Å².